The highest BCUT2D eigenvalue weighted by molar-refractivity contribution is 6.62. The van der Waals surface area contributed by atoms with Crippen LogP contribution in [0.15, 0.2) is 93.8 Å². The number of hydrogen-bond acceptors (Lipinski definition) is 5. The number of carbonyl (C=O) groups is 2. The summed E-state index contributed by atoms with van der Waals surface area (Å²) in [5.74, 6) is 0.167. The van der Waals surface area contributed by atoms with Gasteiger partial charge in [-0.1, -0.05) is 48.5 Å². The first kappa shape index (κ1) is 24.0. The molecule has 0 aliphatic heterocycles. The van der Waals surface area contributed by atoms with Gasteiger partial charge in [0.15, 0.2) is 0 Å². The molecule has 0 aliphatic carbocycles. The molecule has 0 spiro atoms. The van der Waals surface area contributed by atoms with Gasteiger partial charge < -0.3 is 14.6 Å². The van der Waals surface area contributed by atoms with Gasteiger partial charge in [-0.05, 0) is 54.4 Å². The molecule has 4 aromatic carbocycles. The Bertz CT molecular complexity index is 1660. The highest BCUT2D eigenvalue weighted by Gasteiger charge is 2.07. The van der Waals surface area contributed by atoms with Gasteiger partial charge in [0.2, 0.25) is 5.24 Å². The lowest BCUT2D eigenvalue weighted by atomic mass is 10.1. The topological polar surface area (TPSA) is 86.4 Å². The van der Waals surface area contributed by atoms with Gasteiger partial charge in [0.05, 0.1) is 0 Å². The molecule has 6 aromatic rings. The van der Waals surface area contributed by atoms with Crippen molar-refractivity contribution < 1.29 is 18.4 Å². The summed E-state index contributed by atoms with van der Waals surface area (Å²) < 4.78 is 11.4. The van der Waals surface area contributed by atoms with Crippen molar-refractivity contribution in [2.24, 2.45) is 0 Å². The summed E-state index contributed by atoms with van der Waals surface area (Å²) in [6, 6.07) is 27.7. The number of furan rings is 2. The molecule has 0 atom stereocenters. The number of nitrogens with two attached hydrogens (primary N) is 1. The predicted molar refractivity (Wildman–Crippen MR) is 143 cm³/mol. The van der Waals surface area contributed by atoms with E-state index in [0.717, 1.165) is 55.1 Å². The van der Waals surface area contributed by atoms with Gasteiger partial charge in [-0.2, -0.15) is 0 Å². The second-order valence-electron chi connectivity index (χ2n) is 8.13. The van der Waals surface area contributed by atoms with Crippen molar-refractivity contribution in [1.29, 1.82) is 0 Å². The predicted octanol–water partition coefficient (Wildman–Crippen LogP) is 7.66. The summed E-state index contributed by atoms with van der Waals surface area (Å²) in [4.78, 5) is 20.3. The molecule has 5 nitrogen and oxygen atoms in total. The van der Waals surface area contributed by atoms with Crippen LogP contribution in [-0.2, 0) is 16.0 Å². The Morgan fingerprint density at radius 2 is 1.14 bits per heavy atom. The molecule has 6 heteroatoms. The minimum absolute atomic E-state index is 0.167. The smallest absolute Gasteiger partial charge is 0.218 e. The van der Waals surface area contributed by atoms with E-state index in [1.54, 1.807) is 6.92 Å². The van der Waals surface area contributed by atoms with Crippen LogP contribution in [0.5, 0.6) is 0 Å². The zero-order valence-electron chi connectivity index (χ0n) is 19.4. The molecule has 2 heterocycles. The van der Waals surface area contributed by atoms with Gasteiger partial charge in [0.25, 0.3) is 0 Å². The molecule has 2 aromatic heterocycles. The number of benzene rings is 4. The van der Waals surface area contributed by atoms with Gasteiger partial charge in [0.1, 0.15) is 28.1 Å². The molecule has 0 bridgehead atoms. The lowest BCUT2D eigenvalue weighted by Crippen LogP contribution is -1.95. The molecule has 0 saturated heterocycles. The fourth-order valence-electron chi connectivity index (χ4n) is 3.91. The van der Waals surface area contributed by atoms with Gasteiger partial charge in [-0.15, -0.1) is 0 Å². The number of rotatable bonds is 2. The van der Waals surface area contributed by atoms with Crippen molar-refractivity contribution in [2.75, 3.05) is 5.73 Å². The molecule has 6 rings (SSSR count). The van der Waals surface area contributed by atoms with Crippen LogP contribution in [0, 0.1) is 0 Å². The Kier molecular flexibility index (Phi) is 7.18. The second kappa shape index (κ2) is 10.5. The molecule has 176 valence electrons. The highest BCUT2D eigenvalue weighted by Crippen LogP contribution is 2.30. The molecular formula is C29H24ClNO4. The van der Waals surface area contributed by atoms with Crippen molar-refractivity contribution in [3.63, 3.8) is 0 Å². The van der Waals surface area contributed by atoms with Crippen LogP contribution < -0.4 is 5.73 Å². The van der Waals surface area contributed by atoms with E-state index in [1.165, 1.54) is 6.92 Å². The molecule has 0 amide bonds. The molecular weight excluding hydrogens is 462 g/mol. The minimum Gasteiger partial charge on any atom is -0.456 e. The maximum atomic E-state index is 11.1. The van der Waals surface area contributed by atoms with Crippen molar-refractivity contribution in [1.82, 2.24) is 0 Å². The van der Waals surface area contributed by atoms with Crippen molar-refractivity contribution in [3.8, 4) is 0 Å². The molecule has 35 heavy (non-hydrogen) atoms. The number of fused-ring (bicyclic) bond motifs is 6. The third-order valence-electron chi connectivity index (χ3n) is 5.30. The van der Waals surface area contributed by atoms with Gasteiger partial charge in [0, 0.05) is 46.6 Å². The van der Waals surface area contributed by atoms with Crippen LogP contribution >= 0.6 is 11.6 Å². The first-order valence-electron chi connectivity index (χ1n) is 11.0. The normalized spacial score (nSPS) is 10.6. The summed E-state index contributed by atoms with van der Waals surface area (Å²) in [7, 11) is 0. The zero-order valence-corrected chi connectivity index (χ0v) is 20.1. The second-order valence-corrected chi connectivity index (χ2v) is 8.66. The van der Waals surface area contributed by atoms with E-state index in [4.69, 9.17) is 14.6 Å². The number of para-hydroxylation sites is 2. The number of hydrogen-bond donors (Lipinski definition) is 1. The number of halogens is 1. The monoisotopic (exact) mass is 485 g/mol. The Labute approximate surface area is 207 Å². The quantitative estimate of drug-likeness (QED) is 0.201. The maximum Gasteiger partial charge on any atom is 0.218 e. The van der Waals surface area contributed by atoms with E-state index in [2.05, 4.69) is 17.7 Å². The van der Waals surface area contributed by atoms with Crippen molar-refractivity contribution >= 4 is 72.2 Å². The first-order chi connectivity index (χ1) is 16.8. The third-order valence-corrected chi connectivity index (χ3v) is 5.30. The molecule has 0 aliphatic rings. The summed E-state index contributed by atoms with van der Waals surface area (Å²) >= 11 is 4.64. The SMILES string of the molecule is CC(=O)Cc1ccc2c(c1)oc1ccccc12.CC(=O)Cl.Nc1ccc2c(c1)oc1ccccc12. The molecule has 0 saturated carbocycles. The summed E-state index contributed by atoms with van der Waals surface area (Å²) in [5.41, 5.74) is 10.9. The van der Waals surface area contributed by atoms with E-state index >= 15 is 0 Å². The van der Waals surface area contributed by atoms with E-state index in [1.807, 2.05) is 78.9 Å². The van der Waals surface area contributed by atoms with Crippen molar-refractivity contribution in [3.05, 3.63) is 90.5 Å². The zero-order chi connectivity index (χ0) is 24.9. The fraction of sp³-hybridized carbons (Fsp3) is 0.103. The van der Waals surface area contributed by atoms with Crippen molar-refractivity contribution in [2.45, 2.75) is 20.3 Å². The van der Waals surface area contributed by atoms with Crippen LogP contribution in [0.4, 0.5) is 5.69 Å². The van der Waals surface area contributed by atoms with Crippen LogP contribution in [0.2, 0.25) is 0 Å². The number of Topliss-reactive ketones (excluding diaryl/α,β-unsaturated/α-hetero) is 1. The first-order valence-corrected chi connectivity index (χ1v) is 11.4. The van der Waals surface area contributed by atoms with Crippen LogP contribution in [0.1, 0.15) is 19.4 Å². The van der Waals surface area contributed by atoms with Crippen LogP contribution in [0.3, 0.4) is 0 Å². The Hall–Kier alpha value is -4.09. The van der Waals surface area contributed by atoms with Gasteiger partial charge in [-0.25, -0.2) is 0 Å². The number of nitrogen functional groups attached to an aromatic ring is 1. The van der Waals surface area contributed by atoms with E-state index in [-0.39, 0.29) is 11.0 Å². The van der Waals surface area contributed by atoms with Crippen LogP contribution in [-0.4, -0.2) is 11.0 Å². The molecule has 2 N–H and O–H groups in total. The number of ketones is 1. The Balaban J connectivity index is 0.000000145. The summed E-state index contributed by atoms with van der Waals surface area (Å²) in [5, 5.41) is 4.13. The number of anilines is 1. The summed E-state index contributed by atoms with van der Waals surface area (Å²) in [6.45, 7) is 2.89. The number of carbonyl (C=O) groups excluding carboxylic acids is 2. The largest absolute Gasteiger partial charge is 0.456 e. The Morgan fingerprint density at radius 1 is 0.686 bits per heavy atom. The van der Waals surface area contributed by atoms with Crippen LogP contribution in [0.25, 0.3) is 43.9 Å². The highest BCUT2D eigenvalue weighted by atomic mass is 35.5. The fourth-order valence-corrected chi connectivity index (χ4v) is 3.91. The lowest BCUT2D eigenvalue weighted by Gasteiger charge is -1.96. The average Bonchev–Trinajstić information content (AvgIpc) is 3.35. The van der Waals surface area contributed by atoms with Gasteiger partial charge >= 0.3 is 0 Å². The van der Waals surface area contributed by atoms with E-state index in [0.29, 0.717) is 6.42 Å². The van der Waals surface area contributed by atoms with Gasteiger partial charge in [-0.3, -0.25) is 9.59 Å². The van der Waals surface area contributed by atoms with E-state index < -0.39 is 0 Å². The van der Waals surface area contributed by atoms with E-state index in [9.17, 15) is 9.59 Å². The third kappa shape index (κ3) is 5.70. The summed E-state index contributed by atoms with van der Waals surface area (Å²) in [6.07, 6.45) is 0.465. The average molecular weight is 486 g/mol. The molecule has 0 radical (unpaired) electrons. The molecule has 0 fully saturated rings. The lowest BCUT2D eigenvalue weighted by molar-refractivity contribution is -0.116. The minimum atomic E-state index is -0.361. The standard InChI is InChI=1S/C15H12O2.C12H9NO.C2H3ClO/c1-10(16)8-11-6-7-13-12-4-2-3-5-14(12)17-15(13)9-11;13-8-5-6-10-9-3-1-2-4-11(9)14-12(10)7-8;1-2(3)4/h2-7,9H,8H2,1H3;1-7H,13H2;1H3. The maximum absolute atomic E-state index is 11.1. The Morgan fingerprint density at radius 3 is 1.69 bits per heavy atom. The molecule has 0 unspecified atom stereocenters.